The number of para-hydroxylation sites is 1. The molecule has 0 aliphatic heterocycles. The van der Waals surface area contributed by atoms with E-state index < -0.39 is 11.4 Å². The molecule has 0 bridgehead atoms. The Kier molecular flexibility index (Phi) is 3.78. The molecule has 0 radical (unpaired) electrons. The minimum Gasteiger partial charge on any atom is -0.382 e. The summed E-state index contributed by atoms with van der Waals surface area (Å²) in [5.74, 6) is -0.182. The first-order valence-electron chi connectivity index (χ1n) is 5.91. The van der Waals surface area contributed by atoms with Crippen LogP contribution in [0.15, 0.2) is 24.3 Å². The van der Waals surface area contributed by atoms with Crippen LogP contribution in [-0.2, 0) is 9.53 Å². The van der Waals surface area contributed by atoms with Crippen molar-refractivity contribution in [3.05, 3.63) is 29.3 Å². The van der Waals surface area contributed by atoms with E-state index in [1.54, 1.807) is 13.2 Å². The number of benzene rings is 1. The van der Waals surface area contributed by atoms with Crippen LogP contribution in [0.25, 0.3) is 0 Å². The molecule has 98 valence electrons. The van der Waals surface area contributed by atoms with Gasteiger partial charge in [0.2, 0.25) is 5.91 Å². The van der Waals surface area contributed by atoms with Gasteiger partial charge in [0.15, 0.2) is 0 Å². The Morgan fingerprint density at radius 3 is 2.72 bits per heavy atom. The van der Waals surface area contributed by atoms with Crippen LogP contribution in [0.1, 0.15) is 12.8 Å². The van der Waals surface area contributed by atoms with Crippen molar-refractivity contribution in [2.24, 2.45) is 11.7 Å². The van der Waals surface area contributed by atoms with E-state index in [1.165, 1.54) is 0 Å². The minimum absolute atomic E-state index is 0.214. The first kappa shape index (κ1) is 13.2. The molecule has 18 heavy (non-hydrogen) atoms. The number of anilines is 1. The van der Waals surface area contributed by atoms with Gasteiger partial charge in [0, 0.05) is 7.11 Å². The molecule has 1 amide bonds. The van der Waals surface area contributed by atoms with E-state index >= 15 is 0 Å². The summed E-state index contributed by atoms with van der Waals surface area (Å²) in [7, 11) is 1.56. The number of nitrogens with one attached hydrogen (secondary N) is 1. The Hall–Kier alpha value is -1.26. The van der Waals surface area contributed by atoms with Crippen molar-refractivity contribution in [1.82, 2.24) is 0 Å². The van der Waals surface area contributed by atoms with Crippen molar-refractivity contribution >= 4 is 23.2 Å². The molecule has 1 aromatic carbocycles. The fraction of sp³-hybridized carbons (Fsp3) is 0.462. The molecular weight excluding hydrogens is 252 g/mol. The molecule has 5 heteroatoms. The van der Waals surface area contributed by atoms with Crippen molar-refractivity contribution in [3.63, 3.8) is 0 Å². The summed E-state index contributed by atoms with van der Waals surface area (Å²) in [5.41, 5.74) is 5.42. The van der Waals surface area contributed by atoms with Crippen LogP contribution in [0, 0.1) is 5.92 Å². The average Bonchev–Trinajstić information content (AvgIpc) is 3.15. The van der Waals surface area contributed by atoms with Crippen LogP contribution < -0.4 is 11.1 Å². The van der Waals surface area contributed by atoms with E-state index in [-0.39, 0.29) is 12.5 Å². The maximum atomic E-state index is 11.8. The van der Waals surface area contributed by atoms with Crippen molar-refractivity contribution in [1.29, 1.82) is 0 Å². The van der Waals surface area contributed by atoms with Gasteiger partial charge in [0.25, 0.3) is 0 Å². The number of amides is 1. The summed E-state index contributed by atoms with van der Waals surface area (Å²) in [6.45, 7) is 0.248. The second-order valence-electron chi connectivity index (χ2n) is 4.65. The molecule has 0 aromatic heterocycles. The summed E-state index contributed by atoms with van der Waals surface area (Å²) in [6.07, 6.45) is 1.95. The van der Waals surface area contributed by atoms with Gasteiger partial charge in [-0.1, -0.05) is 23.7 Å². The Morgan fingerprint density at radius 2 is 2.22 bits per heavy atom. The van der Waals surface area contributed by atoms with Crippen LogP contribution in [-0.4, -0.2) is 25.2 Å². The molecule has 1 aliphatic rings. The lowest BCUT2D eigenvalue weighted by Gasteiger charge is -2.32. The third-order valence-corrected chi connectivity index (χ3v) is 3.65. The third kappa shape index (κ3) is 2.44. The van der Waals surface area contributed by atoms with Gasteiger partial charge < -0.3 is 15.8 Å². The third-order valence-electron chi connectivity index (χ3n) is 3.32. The molecule has 0 heterocycles. The second kappa shape index (κ2) is 5.16. The van der Waals surface area contributed by atoms with Crippen molar-refractivity contribution in [2.45, 2.75) is 18.4 Å². The van der Waals surface area contributed by atoms with Crippen LogP contribution in [0.3, 0.4) is 0 Å². The average molecular weight is 269 g/mol. The van der Waals surface area contributed by atoms with E-state index in [2.05, 4.69) is 5.32 Å². The summed E-state index contributed by atoms with van der Waals surface area (Å²) >= 11 is 6.10. The number of nitrogens with two attached hydrogens (primary N) is 1. The van der Waals surface area contributed by atoms with Crippen LogP contribution in [0.4, 0.5) is 5.69 Å². The maximum absolute atomic E-state index is 11.8. The molecule has 1 atom stereocenters. The van der Waals surface area contributed by atoms with E-state index in [0.717, 1.165) is 12.8 Å². The molecule has 4 nitrogen and oxygen atoms in total. The lowest BCUT2D eigenvalue weighted by Crippen LogP contribution is -2.55. The first-order chi connectivity index (χ1) is 8.60. The molecule has 1 fully saturated rings. The van der Waals surface area contributed by atoms with Gasteiger partial charge in [-0.3, -0.25) is 4.79 Å². The highest BCUT2D eigenvalue weighted by atomic mass is 35.5. The minimum atomic E-state index is -0.861. The zero-order valence-corrected chi connectivity index (χ0v) is 11.0. The molecule has 3 N–H and O–H groups in total. The molecule has 1 unspecified atom stereocenters. The number of carbonyl (C=O) groups excluding carboxylic acids is 1. The fourth-order valence-corrected chi connectivity index (χ4v) is 2.38. The predicted molar refractivity (Wildman–Crippen MR) is 71.6 cm³/mol. The van der Waals surface area contributed by atoms with Crippen molar-refractivity contribution < 1.29 is 9.53 Å². The number of hydrogen-bond acceptors (Lipinski definition) is 3. The topological polar surface area (TPSA) is 64.3 Å². The number of carbonyl (C=O) groups is 1. The number of primary amides is 1. The molecule has 0 saturated heterocycles. The second-order valence-corrected chi connectivity index (χ2v) is 5.05. The Bertz CT molecular complexity index is 448. The Morgan fingerprint density at radius 1 is 1.56 bits per heavy atom. The summed E-state index contributed by atoms with van der Waals surface area (Å²) in [6, 6.07) is 7.31. The SMILES string of the molecule is COCC(Nc1ccccc1Cl)(C(N)=O)C1CC1. The van der Waals surface area contributed by atoms with E-state index in [1.807, 2.05) is 18.2 Å². The Labute approximate surface area is 111 Å². The summed E-state index contributed by atoms with van der Waals surface area (Å²) < 4.78 is 5.18. The normalized spacial score (nSPS) is 18.1. The lowest BCUT2D eigenvalue weighted by atomic mass is 9.92. The predicted octanol–water partition coefficient (Wildman–Crippen LogP) is 2.03. The highest BCUT2D eigenvalue weighted by molar-refractivity contribution is 6.33. The largest absolute Gasteiger partial charge is 0.382 e. The number of hydrogen-bond donors (Lipinski definition) is 2. The number of methoxy groups -OCH3 is 1. The molecule has 1 aliphatic carbocycles. The molecular formula is C13H17ClN2O2. The highest BCUT2D eigenvalue weighted by Crippen LogP contribution is 2.42. The van der Waals surface area contributed by atoms with Crippen LogP contribution in [0.2, 0.25) is 5.02 Å². The monoisotopic (exact) mass is 268 g/mol. The van der Waals surface area contributed by atoms with Gasteiger partial charge >= 0.3 is 0 Å². The maximum Gasteiger partial charge on any atom is 0.245 e. The molecule has 1 aromatic rings. The molecule has 0 spiro atoms. The lowest BCUT2D eigenvalue weighted by molar-refractivity contribution is -0.124. The van der Waals surface area contributed by atoms with Gasteiger partial charge in [0.1, 0.15) is 5.54 Å². The molecule has 2 rings (SSSR count). The zero-order chi connectivity index (χ0) is 13.2. The smallest absolute Gasteiger partial charge is 0.245 e. The summed E-state index contributed by atoms with van der Waals surface area (Å²) in [5, 5.41) is 3.76. The van der Waals surface area contributed by atoms with E-state index in [0.29, 0.717) is 10.7 Å². The van der Waals surface area contributed by atoms with Crippen LogP contribution >= 0.6 is 11.6 Å². The summed E-state index contributed by atoms with van der Waals surface area (Å²) in [4.78, 5) is 11.8. The van der Waals surface area contributed by atoms with E-state index in [4.69, 9.17) is 22.1 Å². The van der Waals surface area contributed by atoms with Gasteiger partial charge in [-0.2, -0.15) is 0 Å². The van der Waals surface area contributed by atoms with E-state index in [9.17, 15) is 4.79 Å². The van der Waals surface area contributed by atoms with Gasteiger partial charge in [-0.05, 0) is 30.9 Å². The van der Waals surface area contributed by atoms with Crippen molar-refractivity contribution in [2.75, 3.05) is 19.0 Å². The quantitative estimate of drug-likeness (QED) is 0.830. The molecule has 1 saturated carbocycles. The fourth-order valence-electron chi connectivity index (χ4n) is 2.20. The van der Waals surface area contributed by atoms with Gasteiger partial charge in [-0.25, -0.2) is 0 Å². The number of rotatable bonds is 6. The number of halogens is 1. The first-order valence-corrected chi connectivity index (χ1v) is 6.29. The zero-order valence-electron chi connectivity index (χ0n) is 10.3. The standard InChI is InChI=1S/C13H17ClN2O2/c1-18-8-13(12(15)17,9-6-7-9)16-11-5-3-2-4-10(11)14/h2-5,9,16H,6-8H2,1H3,(H2,15,17). The highest BCUT2D eigenvalue weighted by Gasteiger charge is 2.50. The van der Waals surface area contributed by atoms with Gasteiger partial charge in [-0.15, -0.1) is 0 Å². The van der Waals surface area contributed by atoms with Crippen molar-refractivity contribution in [3.8, 4) is 0 Å². The van der Waals surface area contributed by atoms with Gasteiger partial charge in [0.05, 0.1) is 17.3 Å². The van der Waals surface area contributed by atoms with Crippen LogP contribution in [0.5, 0.6) is 0 Å². The Balaban J connectivity index is 2.30. The number of ether oxygens (including phenoxy) is 1.